The van der Waals surface area contributed by atoms with Crippen LogP contribution >= 0.6 is 0 Å². The Hall–Kier alpha value is -2.76. The summed E-state index contributed by atoms with van der Waals surface area (Å²) in [4.78, 5) is 19.1. The van der Waals surface area contributed by atoms with Crippen LogP contribution in [0.1, 0.15) is 10.4 Å². The molecule has 6 heteroatoms. The van der Waals surface area contributed by atoms with E-state index in [2.05, 4.69) is 15.1 Å². The first kappa shape index (κ1) is 10.4. The van der Waals surface area contributed by atoms with Crippen LogP contribution in [0.4, 0.5) is 0 Å². The van der Waals surface area contributed by atoms with Gasteiger partial charge in [0.1, 0.15) is 5.56 Å². The van der Waals surface area contributed by atoms with Crippen LogP contribution < -0.4 is 0 Å². The Balaban J connectivity index is 2.16. The van der Waals surface area contributed by atoms with Gasteiger partial charge in [0.15, 0.2) is 0 Å². The molecule has 0 radical (unpaired) electrons. The lowest BCUT2D eigenvalue weighted by Crippen LogP contribution is -1.97. The van der Waals surface area contributed by atoms with Gasteiger partial charge in [-0.15, -0.1) is 0 Å². The molecule has 6 nitrogen and oxygen atoms in total. The molecule has 1 N–H and O–H groups in total. The summed E-state index contributed by atoms with van der Waals surface area (Å²) in [5, 5.41) is 13.0. The summed E-state index contributed by atoms with van der Waals surface area (Å²) in [5.41, 5.74) is 2.23. The molecule has 3 rings (SSSR count). The minimum Gasteiger partial charge on any atom is -0.478 e. The highest BCUT2D eigenvalue weighted by atomic mass is 16.4. The van der Waals surface area contributed by atoms with Crippen molar-refractivity contribution in [2.24, 2.45) is 0 Å². The number of rotatable bonds is 2. The number of aromatic carboxylic acids is 1. The van der Waals surface area contributed by atoms with Gasteiger partial charge in [0, 0.05) is 18.0 Å². The molecular formula is C12H8N4O2. The number of hydrogen-bond acceptors (Lipinski definition) is 4. The van der Waals surface area contributed by atoms with Crippen molar-refractivity contribution in [1.82, 2.24) is 19.6 Å². The Morgan fingerprint density at radius 3 is 2.72 bits per heavy atom. The van der Waals surface area contributed by atoms with Crippen LogP contribution in [0.5, 0.6) is 0 Å². The van der Waals surface area contributed by atoms with Gasteiger partial charge in [-0.1, -0.05) is 0 Å². The summed E-state index contributed by atoms with van der Waals surface area (Å²) in [5.74, 6) is -1.01. The monoisotopic (exact) mass is 240 g/mol. The first-order chi connectivity index (χ1) is 8.75. The molecule has 0 saturated heterocycles. The van der Waals surface area contributed by atoms with Crippen LogP contribution in [0, 0.1) is 0 Å². The predicted molar refractivity (Wildman–Crippen MR) is 63.2 cm³/mol. The Morgan fingerprint density at radius 1 is 1.22 bits per heavy atom. The molecule has 0 aliphatic carbocycles. The summed E-state index contributed by atoms with van der Waals surface area (Å²) < 4.78 is 1.51. The van der Waals surface area contributed by atoms with Crippen LogP contribution in [0.3, 0.4) is 0 Å². The highest BCUT2D eigenvalue weighted by Crippen LogP contribution is 2.17. The van der Waals surface area contributed by atoms with Crippen molar-refractivity contribution in [2.45, 2.75) is 0 Å². The first-order valence-corrected chi connectivity index (χ1v) is 5.23. The van der Waals surface area contributed by atoms with E-state index in [0.717, 1.165) is 5.56 Å². The van der Waals surface area contributed by atoms with E-state index < -0.39 is 5.97 Å². The molecule has 0 bridgehead atoms. The second-order valence-corrected chi connectivity index (χ2v) is 3.70. The van der Waals surface area contributed by atoms with Gasteiger partial charge in [0.05, 0.1) is 29.8 Å². The Labute approximate surface area is 102 Å². The van der Waals surface area contributed by atoms with Gasteiger partial charge in [-0.05, 0) is 12.1 Å². The van der Waals surface area contributed by atoms with E-state index in [4.69, 9.17) is 5.11 Å². The summed E-state index contributed by atoms with van der Waals surface area (Å²) in [7, 11) is 0. The van der Waals surface area contributed by atoms with Gasteiger partial charge < -0.3 is 5.11 Å². The summed E-state index contributed by atoms with van der Waals surface area (Å²) in [6.45, 7) is 0. The average molecular weight is 240 g/mol. The summed E-state index contributed by atoms with van der Waals surface area (Å²) in [6, 6.07) is 3.66. The van der Waals surface area contributed by atoms with Gasteiger partial charge in [-0.2, -0.15) is 5.10 Å². The third-order valence-corrected chi connectivity index (χ3v) is 2.61. The molecule has 0 aliphatic heterocycles. The lowest BCUT2D eigenvalue weighted by atomic mass is 10.2. The van der Waals surface area contributed by atoms with E-state index in [1.807, 2.05) is 12.1 Å². The van der Waals surface area contributed by atoms with E-state index >= 15 is 0 Å². The first-order valence-electron chi connectivity index (χ1n) is 5.23. The standard InChI is InChI=1S/C12H8N4O2/c17-12(18)9-5-15-16-7-10(14-6-11(9)16)8-1-3-13-4-2-8/h1-7H,(H,17,18). The predicted octanol–water partition coefficient (Wildman–Crippen LogP) is 1.49. The van der Waals surface area contributed by atoms with Crippen LogP contribution in [-0.4, -0.2) is 30.7 Å². The number of fused-ring (bicyclic) bond motifs is 1. The SMILES string of the molecule is O=C(O)c1cnn2cc(-c3ccncc3)ncc12. The highest BCUT2D eigenvalue weighted by Gasteiger charge is 2.12. The number of carboxylic acid groups (broad SMARTS) is 1. The van der Waals surface area contributed by atoms with Crippen molar-refractivity contribution < 1.29 is 9.90 Å². The van der Waals surface area contributed by atoms with Crippen LogP contribution in [-0.2, 0) is 0 Å². The molecule has 0 amide bonds. The molecule has 3 aromatic heterocycles. The molecule has 0 aliphatic rings. The second kappa shape index (κ2) is 3.92. The van der Waals surface area contributed by atoms with Gasteiger partial charge in [-0.3, -0.25) is 9.97 Å². The van der Waals surface area contributed by atoms with E-state index in [1.54, 1.807) is 18.6 Å². The number of aromatic nitrogens is 4. The molecule has 0 saturated carbocycles. The molecule has 88 valence electrons. The average Bonchev–Trinajstić information content (AvgIpc) is 2.82. The third kappa shape index (κ3) is 1.60. The normalized spacial score (nSPS) is 10.7. The molecule has 0 aromatic carbocycles. The zero-order valence-electron chi connectivity index (χ0n) is 9.19. The van der Waals surface area contributed by atoms with Crippen molar-refractivity contribution in [3.63, 3.8) is 0 Å². The zero-order chi connectivity index (χ0) is 12.5. The number of carboxylic acids is 1. The molecule has 0 unspecified atom stereocenters. The number of carbonyl (C=O) groups is 1. The molecule has 3 heterocycles. The lowest BCUT2D eigenvalue weighted by molar-refractivity contribution is 0.0699. The van der Waals surface area contributed by atoms with Gasteiger partial charge in [0.25, 0.3) is 0 Å². The fourth-order valence-corrected chi connectivity index (χ4v) is 1.72. The van der Waals surface area contributed by atoms with Gasteiger partial charge >= 0.3 is 5.97 Å². The fraction of sp³-hybridized carbons (Fsp3) is 0. The Kier molecular flexibility index (Phi) is 2.26. The molecule has 18 heavy (non-hydrogen) atoms. The quantitative estimate of drug-likeness (QED) is 0.734. The largest absolute Gasteiger partial charge is 0.478 e. The maximum Gasteiger partial charge on any atom is 0.339 e. The molecule has 0 fully saturated rings. The molecule has 0 spiro atoms. The van der Waals surface area contributed by atoms with Crippen molar-refractivity contribution in [3.05, 3.63) is 48.7 Å². The van der Waals surface area contributed by atoms with E-state index in [0.29, 0.717) is 11.2 Å². The van der Waals surface area contributed by atoms with E-state index in [1.165, 1.54) is 16.9 Å². The summed E-state index contributed by atoms with van der Waals surface area (Å²) >= 11 is 0. The van der Waals surface area contributed by atoms with Crippen LogP contribution in [0.2, 0.25) is 0 Å². The minimum absolute atomic E-state index is 0.142. The molecule has 0 atom stereocenters. The van der Waals surface area contributed by atoms with Crippen LogP contribution in [0.15, 0.2) is 43.1 Å². The van der Waals surface area contributed by atoms with Crippen LogP contribution in [0.25, 0.3) is 16.8 Å². The smallest absolute Gasteiger partial charge is 0.339 e. The van der Waals surface area contributed by atoms with Gasteiger partial charge in [0.2, 0.25) is 0 Å². The number of hydrogen-bond donors (Lipinski definition) is 1. The zero-order valence-corrected chi connectivity index (χ0v) is 9.19. The van der Waals surface area contributed by atoms with E-state index in [9.17, 15) is 4.79 Å². The third-order valence-electron chi connectivity index (χ3n) is 2.61. The van der Waals surface area contributed by atoms with Crippen molar-refractivity contribution in [1.29, 1.82) is 0 Å². The molecular weight excluding hydrogens is 232 g/mol. The highest BCUT2D eigenvalue weighted by molar-refractivity contribution is 5.95. The lowest BCUT2D eigenvalue weighted by Gasteiger charge is -2.01. The minimum atomic E-state index is -1.01. The Bertz CT molecular complexity index is 721. The maximum absolute atomic E-state index is 10.9. The second-order valence-electron chi connectivity index (χ2n) is 3.70. The molecule has 3 aromatic rings. The Morgan fingerprint density at radius 2 is 2.00 bits per heavy atom. The van der Waals surface area contributed by atoms with Crippen molar-refractivity contribution in [3.8, 4) is 11.3 Å². The fourth-order valence-electron chi connectivity index (χ4n) is 1.72. The van der Waals surface area contributed by atoms with E-state index in [-0.39, 0.29) is 5.56 Å². The number of nitrogens with zero attached hydrogens (tertiary/aromatic N) is 4. The van der Waals surface area contributed by atoms with Crippen molar-refractivity contribution >= 4 is 11.5 Å². The topological polar surface area (TPSA) is 80.4 Å². The maximum atomic E-state index is 10.9. The number of pyridine rings is 1. The van der Waals surface area contributed by atoms with Crippen molar-refractivity contribution in [2.75, 3.05) is 0 Å². The van der Waals surface area contributed by atoms with Gasteiger partial charge in [-0.25, -0.2) is 9.31 Å². The summed E-state index contributed by atoms with van der Waals surface area (Å²) in [6.07, 6.45) is 7.86.